The summed E-state index contributed by atoms with van der Waals surface area (Å²) < 4.78 is 57.8. The van der Waals surface area contributed by atoms with Gasteiger partial charge >= 0.3 is 0 Å². The molecule has 4 aliphatic heterocycles. The van der Waals surface area contributed by atoms with Crippen molar-refractivity contribution in [3.8, 4) is 46.0 Å². The minimum Gasteiger partial charge on any atom is -0.456 e. The fraction of sp³-hybridized carbons (Fsp3) is 0.600. The second kappa shape index (κ2) is 25.8. The van der Waals surface area contributed by atoms with Gasteiger partial charge in [-0.2, -0.15) is 0 Å². The van der Waals surface area contributed by atoms with Crippen molar-refractivity contribution in [3.63, 3.8) is 0 Å². The molecule has 1 aliphatic carbocycles. The first kappa shape index (κ1) is 54.0. The van der Waals surface area contributed by atoms with Crippen LogP contribution in [0.2, 0.25) is 0 Å². The predicted molar refractivity (Wildman–Crippen MR) is 302 cm³/mol. The zero-order chi connectivity index (χ0) is 50.1. The molecule has 4 aromatic rings. The summed E-state index contributed by atoms with van der Waals surface area (Å²) in [4.78, 5) is 0. The average Bonchev–Trinajstić information content (AvgIpc) is 3.35. The fourth-order valence-electron chi connectivity index (χ4n) is 12.2. The Morgan fingerprint density at radius 1 is 0.278 bits per heavy atom. The van der Waals surface area contributed by atoms with Crippen LogP contribution >= 0.6 is 63.7 Å². The molecule has 4 aromatic carbocycles. The number of ether oxygens (including phenoxy) is 8. The van der Waals surface area contributed by atoms with Crippen LogP contribution in [0.3, 0.4) is 0 Å². The van der Waals surface area contributed by atoms with E-state index >= 15 is 0 Å². The lowest BCUT2D eigenvalue weighted by molar-refractivity contribution is 0.0954. The minimum absolute atomic E-state index is 0.0103. The molecule has 0 unspecified atom stereocenters. The largest absolute Gasteiger partial charge is 0.456 e. The molecule has 0 fully saturated rings. The molecule has 0 radical (unpaired) electrons. The van der Waals surface area contributed by atoms with Crippen LogP contribution in [-0.4, -0.2) is 27.2 Å². The lowest BCUT2D eigenvalue weighted by Crippen LogP contribution is -2.23. The molecule has 12 heteroatoms. The third-order valence-corrected chi connectivity index (χ3v) is 18.8. The maximum absolute atomic E-state index is 6.82. The second-order valence-corrected chi connectivity index (χ2v) is 23.9. The summed E-state index contributed by atoms with van der Waals surface area (Å²) in [6.45, 7) is 9.19. The molecule has 0 spiro atoms. The third-order valence-electron chi connectivity index (χ3n) is 16.0. The van der Waals surface area contributed by atoms with Crippen molar-refractivity contribution in [1.82, 2.24) is 0 Å². The molecule has 0 aromatic heterocycles. The summed E-state index contributed by atoms with van der Waals surface area (Å²) in [5.41, 5.74) is 9.22. The highest BCUT2D eigenvalue weighted by atomic mass is 79.9. The Labute approximate surface area is 463 Å². The van der Waals surface area contributed by atoms with Gasteiger partial charge in [0.15, 0.2) is 0 Å². The van der Waals surface area contributed by atoms with E-state index in [1.54, 1.807) is 0 Å². The first-order valence-electron chi connectivity index (χ1n) is 27.8. The number of hydrogen-bond acceptors (Lipinski definition) is 8. The summed E-state index contributed by atoms with van der Waals surface area (Å²) in [5, 5.41) is 0. The highest BCUT2D eigenvalue weighted by Crippen LogP contribution is 2.60. The van der Waals surface area contributed by atoms with E-state index in [4.69, 9.17) is 37.9 Å². The van der Waals surface area contributed by atoms with Gasteiger partial charge in [-0.15, -0.1) is 0 Å². The Hall–Kier alpha value is -2.80. The van der Waals surface area contributed by atoms with Crippen molar-refractivity contribution in [3.05, 3.63) is 86.7 Å². The Morgan fingerprint density at radius 2 is 0.444 bits per heavy atom. The number of unbranched alkanes of at least 4 members (excludes halogenated alkanes) is 16. The van der Waals surface area contributed by atoms with Gasteiger partial charge < -0.3 is 37.9 Å². The van der Waals surface area contributed by atoms with Gasteiger partial charge in [0, 0.05) is 68.2 Å². The maximum atomic E-state index is 6.82. The summed E-state index contributed by atoms with van der Waals surface area (Å²) in [5.74, 6) is 5.88. The van der Waals surface area contributed by atoms with Crippen molar-refractivity contribution < 1.29 is 37.9 Å². The van der Waals surface area contributed by atoms with Crippen LogP contribution in [0, 0.1) is 0 Å². The maximum Gasteiger partial charge on any atom is 0.231 e. The second-order valence-electron chi connectivity index (χ2n) is 20.8. The molecule has 8 bridgehead atoms. The molecule has 0 saturated carbocycles. The van der Waals surface area contributed by atoms with Gasteiger partial charge in [-0.05, 0) is 114 Å². The molecular formula is C60H76Br4O8. The zero-order valence-electron chi connectivity index (χ0n) is 43.2. The van der Waals surface area contributed by atoms with E-state index < -0.39 is 0 Å². The van der Waals surface area contributed by atoms with E-state index in [0.717, 1.165) is 185 Å². The third kappa shape index (κ3) is 11.3. The minimum atomic E-state index is -0.0652. The van der Waals surface area contributed by atoms with Crippen LogP contribution in [0.4, 0.5) is 0 Å². The van der Waals surface area contributed by atoms with Crippen molar-refractivity contribution in [1.29, 1.82) is 0 Å². The standard InChI is InChI=1S/C60H76Br4O8/c1-5-9-13-17-21-25-37-41-29-43-38(26-22-18-14-10-6-2)45-31-47-40(28-24-20-16-12-8-4)48-32-46-39(27-23-19-15-11-7-3)44-30-42(37)54-50(62)56(44)68-35-70-58(46)52(64)60(48)72-36-71-59(47)51(63)57(45)69-34-67-55(43)49(61)53(41)65-33-66-54/h29-32,37-40H,5-28,33-36H2,1-4H3. The first-order chi connectivity index (χ1) is 35.3. The van der Waals surface area contributed by atoms with Crippen LogP contribution in [0.15, 0.2) is 42.2 Å². The van der Waals surface area contributed by atoms with Crippen molar-refractivity contribution in [2.75, 3.05) is 27.2 Å². The molecule has 0 saturated heterocycles. The highest BCUT2D eigenvalue weighted by Gasteiger charge is 2.41. The van der Waals surface area contributed by atoms with E-state index in [1.165, 1.54) is 77.0 Å². The van der Waals surface area contributed by atoms with Crippen LogP contribution < -0.4 is 37.9 Å². The van der Waals surface area contributed by atoms with Gasteiger partial charge in [0.05, 0.1) is 0 Å². The molecule has 72 heavy (non-hydrogen) atoms. The van der Waals surface area contributed by atoms with E-state index in [-0.39, 0.29) is 50.8 Å². The molecule has 0 N–H and O–H groups in total. The monoisotopic (exact) mass is 1240 g/mol. The normalized spacial score (nSPS) is 18.9. The lowest BCUT2D eigenvalue weighted by atomic mass is 9.76. The topological polar surface area (TPSA) is 73.8 Å². The van der Waals surface area contributed by atoms with E-state index in [2.05, 4.69) is 116 Å². The Bertz CT molecular complexity index is 2050. The van der Waals surface area contributed by atoms with E-state index in [0.29, 0.717) is 0 Å². The smallest absolute Gasteiger partial charge is 0.231 e. The summed E-state index contributed by atoms with van der Waals surface area (Å²) >= 11 is 16.7. The number of benzene rings is 4. The summed E-state index contributed by atoms with van der Waals surface area (Å²) in [6.07, 6.45) is 27.1. The first-order valence-corrected chi connectivity index (χ1v) is 31.0. The molecule has 8 nitrogen and oxygen atoms in total. The predicted octanol–water partition coefficient (Wildman–Crippen LogP) is 19.9. The van der Waals surface area contributed by atoms with Crippen LogP contribution in [-0.2, 0) is 0 Å². The molecule has 5 aliphatic rings. The zero-order valence-corrected chi connectivity index (χ0v) is 49.5. The highest BCUT2D eigenvalue weighted by molar-refractivity contribution is 9.11. The van der Waals surface area contributed by atoms with Gasteiger partial charge in [0.1, 0.15) is 63.9 Å². The van der Waals surface area contributed by atoms with Crippen LogP contribution in [0.25, 0.3) is 0 Å². The summed E-state index contributed by atoms with van der Waals surface area (Å²) in [7, 11) is 0. The molecule has 0 atom stereocenters. The molecular weight excluding hydrogens is 1170 g/mol. The van der Waals surface area contributed by atoms with Gasteiger partial charge in [-0.1, -0.05) is 156 Å². The number of rotatable bonds is 24. The molecule has 9 rings (SSSR count). The number of halogens is 4. The van der Waals surface area contributed by atoms with Gasteiger partial charge in [0.25, 0.3) is 0 Å². The SMILES string of the molecule is CCCCCCCC1c2cc3c4c(Br)c2OCOc2c1cc1c(c2Br)OCOc2c(cc5c(c2Br)OCOc2c(cc(c(c2Br)OCO4)C3CCCCCCC)C5CCCCCCC)C1CCCCCCC. The molecule has 4 heterocycles. The Kier molecular flexibility index (Phi) is 19.4. The van der Waals surface area contributed by atoms with Crippen LogP contribution in [0.5, 0.6) is 46.0 Å². The lowest BCUT2D eigenvalue weighted by Gasteiger charge is -2.36. The van der Waals surface area contributed by atoms with Crippen molar-refractivity contribution in [2.45, 2.75) is 205 Å². The van der Waals surface area contributed by atoms with E-state index in [9.17, 15) is 0 Å². The number of hydrogen-bond donors (Lipinski definition) is 0. The van der Waals surface area contributed by atoms with Gasteiger partial charge in [-0.25, -0.2) is 0 Å². The fourth-order valence-corrected chi connectivity index (χ4v) is 14.9. The van der Waals surface area contributed by atoms with Crippen molar-refractivity contribution >= 4 is 63.7 Å². The molecule has 392 valence electrons. The quantitative estimate of drug-likeness (QED) is 0.0643. The average molecular weight is 1240 g/mol. The van der Waals surface area contributed by atoms with Gasteiger partial charge in [-0.3, -0.25) is 0 Å². The van der Waals surface area contributed by atoms with Crippen LogP contribution in [0.1, 0.15) is 250 Å². The Balaban J connectivity index is 1.37. The molecule has 0 amide bonds. The van der Waals surface area contributed by atoms with Crippen molar-refractivity contribution in [2.24, 2.45) is 0 Å². The Morgan fingerprint density at radius 3 is 0.611 bits per heavy atom. The van der Waals surface area contributed by atoms with E-state index in [1.807, 2.05) is 0 Å². The summed E-state index contributed by atoms with van der Waals surface area (Å²) in [6, 6.07) is 9.81. The van der Waals surface area contributed by atoms with Gasteiger partial charge in [0.2, 0.25) is 27.2 Å².